The number of aromatic nitrogens is 1. The Morgan fingerprint density at radius 1 is 1.18 bits per heavy atom. The van der Waals surface area contributed by atoms with Crippen LogP contribution in [0.3, 0.4) is 0 Å². The molecule has 0 bridgehead atoms. The zero-order valence-electron chi connectivity index (χ0n) is 8.82. The fourth-order valence-corrected chi connectivity index (χ4v) is 1.57. The van der Waals surface area contributed by atoms with Crippen LogP contribution < -0.4 is 0 Å². The number of nitriles is 1. The Morgan fingerprint density at radius 2 is 2.00 bits per heavy atom. The van der Waals surface area contributed by atoms with Crippen LogP contribution in [0.4, 0.5) is 8.78 Å². The molecule has 4 heteroatoms. The standard InChI is InChI=1S/C13H8F2N2/c14-11-4-3-10(8-12(11)15)13-9(5-6-16)2-1-7-17-13/h1-4,7-8H,5H2. The highest BCUT2D eigenvalue weighted by Gasteiger charge is 2.09. The Hall–Kier alpha value is -2.28. The number of rotatable bonds is 2. The molecule has 1 aromatic carbocycles. The second-order valence-corrected chi connectivity index (χ2v) is 3.47. The number of pyridine rings is 1. The van der Waals surface area contributed by atoms with Crippen LogP contribution in [-0.2, 0) is 6.42 Å². The van der Waals surface area contributed by atoms with Gasteiger partial charge in [-0.05, 0) is 29.8 Å². The van der Waals surface area contributed by atoms with E-state index in [1.54, 1.807) is 18.3 Å². The summed E-state index contributed by atoms with van der Waals surface area (Å²) in [6.45, 7) is 0. The molecule has 0 aliphatic rings. The summed E-state index contributed by atoms with van der Waals surface area (Å²) < 4.78 is 25.9. The lowest BCUT2D eigenvalue weighted by Gasteiger charge is -2.05. The van der Waals surface area contributed by atoms with Gasteiger partial charge in [-0.1, -0.05) is 6.07 Å². The average Bonchev–Trinajstić information content (AvgIpc) is 2.34. The van der Waals surface area contributed by atoms with Gasteiger partial charge in [-0.2, -0.15) is 5.26 Å². The van der Waals surface area contributed by atoms with E-state index < -0.39 is 11.6 Å². The van der Waals surface area contributed by atoms with Crippen LogP contribution in [0.15, 0.2) is 36.5 Å². The van der Waals surface area contributed by atoms with Gasteiger partial charge in [0.1, 0.15) is 0 Å². The normalized spacial score (nSPS) is 9.94. The Morgan fingerprint density at radius 3 is 2.71 bits per heavy atom. The van der Waals surface area contributed by atoms with Crippen LogP contribution in [0.1, 0.15) is 5.56 Å². The van der Waals surface area contributed by atoms with Gasteiger partial charge in [0.2, 0.25) is 0 Å². The molecule has 0 aliphatic heterocycles. The topological polar surface area (TPSA) is 36.7 Å². The summed E-state index contributed by atoms with van der Waals surface area (Å²) in [5.74, 6) is -1.82. The van der Waals surface area contributed by atoms with Gasteiger partial charge in [0.25, 0.3) is 0 Å². The summed E-state index contributed by atoms with van der Waals surface area (Å²) >= 11 is 0. The van der Waals surface area contributed by atoms with Crippen molar-refractivity contribution in [3.63, 3.8) is 0 Å². The van der Waals surface area contributed by atoms with Gasteiger partial charge in [0.15, 0.2) is 11.6 Å². The first-order valence-electron chi connectivity index (χ1n) is 4.98. The molecule has 0 unspecified atom stereocenters. The molecule has 0 radical (unpaired) electrons. The Balaban J connectivity index is 2.53. The summed E-state index contributed by atoms with van der Waals surface area (Å²) in [4.78, 5) is 4.10. The van der Waals surface area contributed by atoms with Crippen molar-refractivity contribution in [2.75, 3.05) is 0 Å². The van der Waals surface area contributed by atoms with Crippen LogP contribution in [-0.4, -0.2) is 4.98 Å². The van der Waals surface area contributed by atoms with E-state index in [4.69, 9.17) is 5.26 Å². The van der Waals surface area contributed by atoms with E-state index in [9.17, 15) is 8.78 Å². The van der Waals surface area contributed by atoms with Crippen molar-refractivity contribution < 1.29 is 8.78 Å². The van der Waals surface area contributed by atoms with Crippen LogP contribution in [0.25, 0.3) is 11.3 Å². The second kappa shape index (κ2) is 4.71. The van der Waals surface area contributed by atoms with Crippen molar-refractivity contribution >= 4 is 0 Å². The molecule has 0 N–H and O–H groups in total. The summed E-state index contributed by atoms with van der Waals surface area (Å²) in [5, 5.41) is 8.68. The van der Waals surface area contributed by atoms with Crippen molar-refractivity contribution in [2.24, 2.45) is 0 Å². The molecule has 1 heterocycles. The lowest BCUT2D eigenvalue weighted by atomic mass is 10.0. The molecule has 0 spiro atoms. The quantitative estimate of drug-likeness (QED) is 0.794. The van der Waals surface area contributed by atoms with Gasteiger partial charge >= 0.3 is 0 Å². The highest BCUT2D eigenvalue weighted by atomic mass is 19.2. The molecule has 0 fully saturated rings. The van der Waals surface area contributed by atoms with Gasteiger partial charge in [-0.25, -0.2) is 8.78 Å². The van der Waals surface area contributed by atoms with Crippen molar-refractivity contribution in [2.45, 2.75) is 6.42 Å². The summed E-state index contributed by atoms with van der Waals surface area (Å²) in [6.07, 6.45) is 1.74. The molecule has 2 aromatic rings. The minimum atomic E-state index is -0.920. The number of benzene rings is 1. The summed E-state index contributed by atoms with van der Waals surface area (Å²) in [7, 11) is 0. The van der Waals surface area contributed by atoms with E-state index in [1.165, 1.54) is 6.07 Å². The van der Waals surface area contributed by atoms with Crippen molar-refractivity contribution in [1.29, 1.82) is 5.26 Å². The van der Waals surface area contributed by atoms with Gasteiger partial charge in [0.05, 0.1) is 18.2 Å². The fraction of sp³-hybridized carbons (Fsp3) is 0.0769. The van der Waals surface area contributed by atoms with Crippen LogP contribution in [0.5, 0.6) is 0 Å². The van der Waals surface area contributed by atoms with Crippen LogP contribution >= 0.6 is 0 Å². The van der Waals surface area contributed by atoms with Gasteiger partial charge < -0.3 is 0 Å². The Labute approximate surface area is 97.2 Å². The van der Waals surface area contributed by atoms with E-state index in [-0.39, 0.29) is 6.42 Å². The highest BCUT2D eigenvalue weighted by Crippen LogP contribution is 2.23. The first-order chi connectivity index (χ1) is 8.22. The maximum absolute atomic E-state index is 13.1. The average molecular weight is 230 g/mol. The molecule has 2 nitrogen and oxygen atoms in total. The predicted molar refractivity (Wildman–Crippen MR) is 58.9 cm³/mol. The molecular weight excluding hydrogens is 222 g/mol. The third kappa shape index (κ3) is 2.28. The first-order valence-corrected chi connectivity index (χ1v) is 4.98. The van der Waals surface area contributed by atoms with E-state index in [0.717, 1.165) is 12.1 Å². The zero-order valence-corrected chi connectivity index (χ0v) is 8.82. The molecule has 2 rings (SSSR count). The number of hydrogen-bond donors (Lipinski definition) is 0. The summed E-state index contributed by atoms with van der Waals surface area (Å²) in [5.41, 5.74) is 1.67. The molecular formula is C13H8F2N2. The third-order valence-electron chi connectivity index (χ3n) is 2.35. The van der Waals surface area contributed by atoms with Crippen LogP contribution in [0, 0.1) is 23.0 Å². The number of hydrogen-bond acceptors (Lipinski definition) is 2. The number of nitrogens with zero attached hydrogens (tertiary/aromatic N) is 2. The maximum atomic E-state index is 13.1. The largest absolute Gasteiger partial charge is 0.256 e. The minimum Gasteiger partial charge on any atom is -0.256 e. The Kier molecular flexibility index (Phi) is 3.10. The maximum Gasteiger partial charge on any atom is 0.159 e. The lowest BCUT2D eigenvalue weighted by Crippen LogP contribution is -1.93. The highest BCUT2D eigenvalue weighted by molar-refractivity contribution is 5.63. The molecule has 1 aromatic heterocycles. The van der Waals surface area contributed by atoms with Crippen molar-refractivity contribution in [3.05, 3.63) is 53.7 Å². The second-order valence-electron chi connectivity index (χ2n) is 3.47. The molecule has 0 aliphatic carbocycles. The lowest BCUT2D eigenvalue weighted by molar-refractivity contribution is 0.509. The minimum absolute atomic E-state index is 0.183. The molecule has 0 saturated heterocycles. The molecule has 0 atom stereocenters. The van der Waals surface area contributed by atoms with E-state index in [2.05, 4.69) is 4.98 Å². The smallest absolute Gasteiger partial charge is 0.159 e. The summed E-state index contributed by atoms with van der Waals surface area (Å²) in [6, 6.07) is 9.04. The predicted octanol–water partition coefficient (Wildman–Crippen LogP) is 3.09. The van der Waals surface area contributed by atoms with Crippen LogP contribution in [0.2, 0.25) is 0 Å². The van der Waals surface area contributed by atoms with Gasteiger partial charge in [-0.15, -0.1) is 0 Å². The first kappa shape index (κ1) is 11.2. The van der Waals surface area contributed by atoms with Crippen molar-refractivity contribution in [3.8, 4) is 17.3 Å². The Bertz CT molecular complexity index is 588. The van der Waals surface area contributed by atoms with Crippen molar-refractivity contribution in [1.82, 2.24) is 4.98 Å². The monoisotopic (exact) mass is 230 g/mol. The van der Waals surface area contributed by atoms with E-state index in [0.29, 0.717) is 16.8 Å². The van der Waals surface area contributed by atoms with E-state index >= 15 is 0 Å². The van der Waals surface area contributed by atoms with E-state index in [1.807, 2.05) is 6.07 Å². The molecule has 0 saturated carbocycles. The third-order valence-corrected chi connectivity index (χ3v) is 2.35. The van der Waals surface area contributed by atoms with Gasteiger partial charge in [0, 0.05) is 11.8 Å². The zero-order chi connectivity index (χ0) is 12.3. The fourth-order valence-electron chi connectivity index (χ4n) is 1.57. The molecule has 84 valence electrons. The molecule has 0 amide bonds. The number of halogens is 2. The van der Waals surface area contributed by atoms with Gasteiger partial charge in [-0.3, -0.25) is 4.98 Å². The molecule has 17 heavy (non-hydrogen) atoms. The SMILES string of the molecule is N#CCc1cccnc1-c1ccc(F)c(F)c1.